The fourth-order valence-electron chi connectivity index (χ4n) is 5.89. The Bertz CT molecular complexity index is 1500. The van der Waals surface area contributed by atoms with Crippen LogP contribution in [0.15, 0.2) is 42.7 Å². The van der Waals surface area contributed by atoms with Gasteiger partial charge in [0.25, 0.3) is 5.91 Å². The highest BCUT2D eigenvalue weighted by molar-refractivity contribution is 6.03. The van der Waals surface area contributed by atoms with E-state index in [1.54, 1.807) is 17.2 Å². The Hall–Kier alpha value is -4.18. The number of hydrogen-bond acceptors (Lipinski definition) is 8. The molecule has 0 saturated carbocycles. The fraction of sp³-hybridized carbons (Fsp3) is 0.357. The molecule has 1 unspecified atom stereocenters. The number of carbonyl (C=O) groups is 2. The van der Waals surface area contributed by atoms with Crippen molar-refractivity contribution in [2.45, 2.75) is 50.9 Å². The molecule has 7 rings (SSSR count). The molecule has 2 fully saturated rings. The van der Waals surface area contributed by atoms with Crippen LogP contribution in [0.25, 0.3) is 11.1 Å². The van der Waals surface area contributed by atoms with Gasteiger partial charge >= 0.3 is 0 Å². The number of ether oxygens (including phenoxy) is 2. The standard InChI is InChI=1S/C28H27N5O5/c1-15-20-10-24(29-13-21(20)19-6-5-17(9-23(19)38-15)32-7-3-4-25(32)34)31-16-8-22-26(30-12-16)37-14-18-11-28(2,36)27(35)33(18)22/h5-6,8-10,12-13,15,18,36H,3-4,7,11,14H2,1-2H3,(H,29,31)/t15?,18-,28+/m0/s1. The highest BCUT2D eigenvalue weighted by Crippen LogP contribution is 2.45. The number of aromatic nitrogens is 2. The van der Waals surface area contributed by atoms with Crippen molar-refractivity contribution >= 4 is 34.7 Å². The van der Waals surface area contributed by atoms with Gasteiger partial charge in [0.1, 0.15) is 35.6 Å². The van der Waals surface area contributed by atoms with Crippen molar-refractivity contribution in [3.63, 3.8) is 0 Å². The van der Waals surface area contributed by atoms with Crippen molar-refractivity contribution in [2.24, 2.45) is 0 Å². The molecule has 3 aromatic rings. The maximum absolute atomic E-state index is 12.8. The van der Waals surface area contributed by atoms with E-state index in [2.05, 4.69) is 15.3 Å². The Balaban J connectivity index is 1.18. The average Bonchev–Trinajstić information content (AvgIpc) is 3.43. The molecule has 0 spiro atoms. The van der Waals surface area contributed by atoms with Crippen molar-refractivity contribution in [1.82, 2.24) is 9.97 Å². The number of rotatable bonds is 3. The number of nitrogens with one attached hydrogen (secondary N) is 1. The predicted molar refractivity (Wildman–Crippen MR) is 140 cm³/mol. The topological polar surface area (TPSA) is 117 Å². The van der Waals surface area contributed by atoms with Crippen LogP contribution in [0.3, 0.4) is 0 Å². The van der Waals surface area contributed by atoms with E-state index in [1.807, 2.05) is 42.3 Å². The number of amides is 2. The molecule has 194 valence electrons. The van der Waals surface area contributed by atoms with Gasteiger partial charge in [-0.1, -0.05) is 0 Å². The second-order valence-corrected chi connectivity index (χ2v) is 10.5. The summed E-state index contributed by atoms with van der Waals surface area (Å²) < 4.78 is 12.0. The molecule has 1 aromatic carbocycles. The lowest BCUT2D eigenvalue weighted by Crippen LogP contribution is -2.43. The molecule has 38 heavy (non-hydrogen) atoms. The van der Waals surface area contributed by atoms with Gasteiger partial charge in [-0.25, -0.2) is 9.97 Å². The maximum Gasteiger partial charge on any atom is 0.259 e. The van der Waals surface area contributed by atoms with Crippen LogP contribution in [0.4, 0.5) is 22.9 Å². The first-order chi connectivity index (χ1) is 18.3. The lowest BCUT2D eigenvalue weighted by Gasteiger charge is -2.31. The van der Waals surface area contributed by atoms with E-state index < -0.39 is 5.60 Å². The Kier molecular flexibility index (Phi) is 4.93. The first kappa shape index (κ1) is 23.0. The van der Waals surface area contributed by atoms with Crippen LogP contribution in [0.1, 0.15) is 44.8 Å². The third-order valence-electron chi connectivity index (χ3n) is 7.77. The van der Waals surface area contributed by atoms with E-state index in [9.17, 15) is 14.7 Å². The van der Waals surface area contributed by atoms with Gasteiger partial charge in [0.05, 0.1) is 17.9 Å². The molecule has 2 aromatic heterocycles. The van der Waals surface area contributed by atoms with Gasteiger partial charge in [0.15, 0.2) is 0 Å². The molecule has 3 atom stereocenters. The van der Waals surface area contributed by atoms with Crippen LogP contribution in [0.2, 0.25) is 0 Å². The largest absolute Gasteiger partial charge is 0.485 e. The van der Waals surface area contributed by atoms with Gasteiger partial charge in [-0.15, -0.1) is 0 Å². The van der Waals surface area contributed by atoms with Crippen LogP contribution < -0.4 is 24.6 Å². The molecule has 2 amide bonds. The first-order valence-electron chi connectivity index (χ1n) is 12.9. The van der Waals surface area contributed by atoms with Crippen molar-refractivity contribution in [3.05, 3.63) is 48.3 Å². The first-order valence-corrected chi connectivity index (χ1v) is 12.9. The third-order valence-corrected chi connectivity index (χ3v) is 7.77. The smallest absolute Gasteiger partial charge is 0.259 e. The maximum atomic E-state index is 12.8. The van der Waals surface area contributed by atoms with Gasteiger partial charge in [0.2, 0.25) is 11.8 Å². The molecule has 0 radical (unpaired) electrons. The number of nitrogens with zero attached hydrogens (tertiary/aromatic N) is 4. The van der Waals surface area contributed by atoms with Gasteiger partial charge in [-0.3, -0.25) is 14.5 Å². The molecule has 4 aliphatic rings. The Morgan fingerprint density at radius 1 is 1.13 bits per heavy atom. The Labute approximate surface area is 219 Å². The summed E-state index contributed by atoms with van der Waals surface area (Å²) >= 11 is 0. The monoisotopic (exact) mass is 513 g/mol. The molecular formula is C28H27N5O5. The molecule has 2 N–H and O–H groups in total. The van der Waals surface area contributed by atoms with Crippen molar-refractivity contribution < 1.29 is 24.2 Å². The zero-order valence-corrected chi connectivity index (χ0v) is 21.1. The highest BCUT2D eigenvalue weighted by Gasteiger charge is 2.51. The van der Waals surface area contributed by atoms with Gasteiger partial charge in [-0.2, -0.15) is 0 Å². The zero-order valence-electron chi connectivity index (χ0n) is 21.1. The van der Waals surface area contributed by atoms with Crippen molar-refractivity contribution in [1.29, 1.82) is 0 Å². The summed E-state index contributed by atoms with van der Waals surface area (Å²) in [7, 11) is 0. The SMILES string of the molecule is CC1Oc2cc(N3CCCC3=O)ccc2-c2cnc(Nc3cnc4c(c3)N3C(=O)[C@](C)(O)C[C@H]3CO4)cc21. The van der Waals surface area contributed by atoms with E-state index in [4.69, 9.17) is 9.47 Å². The lowest BCUT2D eigenvalue weighted by molar-refractivity contribution is -0.131. The summed E-state index contributed by atoms with van der Waals surface area (Å²) in [5.41, 5.74) is 3.52. The van der Waals surface area contributed by atoms with Crippen LogP contribution in [-0.2, 0) is 9.59 Å². The van der Waals surface area contributed by atoms with E-state index in [0.717, 1.165) is 41.1 Å². The minimum atomic E-state index is -1.42. The molecule has 10 nitrogen and oxygen atoms in total. The van der Waals surface area contributed by atoms with Crippen LogP contribution in [0.5, 0.6) is 11.6 Å². The van der Waals surface area contributed by atoms with Crippen molar-refractivity contribution in [3.8, 4) is 22.8 Å². The summed E-state index contributed by atoms with van der Waals surface area (Å²) in [6, 6.07) is 9.40. The molecule has 4 aliphatic heterocycles. The quantitative estimate of drug-likeness (QED) is 0.544. The molecule has 10 heteroatoms. The number of hydrogen-bond donors (Lipinski definition) is 2. The number of pyridine rings is 2. The summed E-state index contributed by atoms with van der Waals surface area (Å²) in [5.74, 6) is 1.51. The minimum Gasteiger partial charge on any atom is -0.485 e. The Morgan fingerprint density at radius 3 is 2.82 bits per heavy atom. The summed E-state index contributed by atoms with van der Waals surface area (Å²) in [4.78, 5) is 37.5. The van der Waals surface area contributed by atoms with Gasteiger partial charge < -0.3 is 24.8 Å². The molecular weight excluding hydrogens is 486 g/mol. The minimum absolute atomic E-state index is 0.143. The average molecular weight is 514 g/mol. The van der Waals surface area contributed by atoms with Crippen LogP contribution in [-0.4, -0.2) is 51.7 Å². The van der Waals surface area contributed by atoms with Crippen LogP contribution in [0, 0.1) is 0 Å². The number of aliphatic hydroxyl groups is 1. The van der Waals surface area contributed by atoms with Crippen molar-refractivity contribution in [2.75, 3.05) is 28.3 Å². The van der Waals surface area contributed by atoms with Gasteiger partial charge in [0, 0.05) is 54.0 Å². The number of anilines is 4. The Morgan fingerprint density at radius 2 is 2.00 bits per heavy atom. The number of benzene rings is 1. The third kappa shape index (κ3) is 3.51. The summed E-state index contributed by atoms with van der Waals surface area (Å²) in [5, 5.41) is 13.8. The van der Waals surface area contributed by atoms with Crippen LogP contribution >= 0.6 is 0 Å². The predicted octanol–water partition coefficient (Wildman–Crippen LogP) is 3.72. The van der Waals surface area contributed by atoms with E-state index >= 15 is 0 Å². The summed E-state index contributed by atoms with van der Waals surface area (Å²) in [6.07, 6.45) is 5.01. The second-order valence-electron chi connectivity index (χ2n) is 10.5. The van der Waals surface area contributed by atoms with E-state index in [0.29, 0.717) is 42.5 Å². The molecule has 0 bridgehead atoms. The van der Waals surface area contributed by atoms with E-state index in [-0.39, 0.29) is 24.0 Å². The zero-order chi connectivity index (χ0) is 26.2. The normalized spacial score (nSPS) is 25.2. The van der Waals surface area contributed by atoms with Gasteiger partial charge in [-0.05, 0) is 44.5 Å². The summed E-state index contributed by atoms with van der Waals surface area (Å²) in [6.45, 7) is 4.56. The second kappa shape index (κ2) is 8.16. The van der Waals surface area contributed by atoms with E-state index in [1.165, 1.54) is 6.92 Å². The lowest BCUT2D eigenvalue weighted by atomic mass is 9.94. The number of fused-ring (bicyclic) bond motifs is 6. The molecule has 2 saturated heterocycles. The molecule has 6 heterocycles. The molecule has 0 aliphatic carbocycles. The number of carbonyl (C=O) groups excluding carboxylic acids is 2. The fourth-order valence-corrected chi connectivity index (χ4v) is 5.89. The highest BCUT2D eigenvalue weighted by atomic mass is 16.5.